The maximum atomic E-state index is 5.19. The van der Waals surface area contributed by atoms with E-state index in [1.165, 1.54) is 0 Å². The molecule has 2 aromatic carbocycles. The van der Waals surface area contributed by atoms with E-state index in [0.717, 1.165) is 16.8 Å². The van der Waals surface area contributed by atoms with E-state index in [-0.39, 0.29) is 0 Å². The summed E-state index contributed by atoms with van der Waals surface area (Å²) in [5.41, 5.74) is 3.02. The van der Waals surface area contributed by atoms with Crippen LogP contribution in [0.25, 0.3) is 11.1 Å². The van der Waals surface area contributed by atoms with Crippen LogP contribution < -0.4 is 0 Å². The quantitative estimate of drug-likeness (QED) is 0.656. The smallest absolute Gasteiger partial charge is 0.0874 e. The Bertz CT molecular complexity index is 466. The van der Waals surface area contributed by atoms with Crippen LogP contribution in [0.4, 0.5) is 5.69 Å². The molecule has 2 nitrogen and oxygen atoms in total. The molecule has 0 unspecified atom stereocenters. The summed E-state index contributed by atoms with van der Waals surface area (Å²) < 4.78 is 3.24. The van der Waals surface area contributed by atoms with Crippen molar-refractivity contribution in [2.75, 3.05) is 0 Å². The van der Waals surface area contributed by atoms with E-state index in [4.69, 9.17) is 11.8 Å². The molecule has 2 rings (SSSR count). The summed E-state index contributed by atoms with van der Waals surface area (Å²) in [5.74, 6) is 0. The first-order valence-electron chi connectivity index (χ1n) is 4.57. The predicted molar refractivity (Wildman–Crippen MR) is 62.2 cm³/mol. The van der Waals surface area contributed by atoms with Gasteiger partial charge in [-0.3, -0.25) is 0 Å². The van der Waals surface area contributed by atoms with Gasteiger partial charge in [-0.1, -0.05) is 47.1 Å². The van der Waals surface area contributed by atoms with Crippen molar-refractivity contribution in [3.05, 3.63) is 54.6 Å². The Kier molecular flexibility index (Phi) is 3.10. The van der Waals surface area contributed by atoms with Gasteiger partial charge in [-0.25, -0.2) is 0 Å². The maximum absolute atomic E-state index is 5.19. The van der Waals surface area contributed by atoms with Crippen LogP contribution in [0.15, 0.2) is 64.3 Å². The summed E-state index contributed by atoms with van der Waals surface area (Å²) in [6.45, 7) is 0. The van der Waals surface area contributed by atoms with E-state index >= 15 is 0 Å². The van der Waals surface area contributed by atoms with Crippen molar-refractivity contribution < 1.29 is 0 Å². The zero-order chi connectivity index (χ0) is 10.5. The van der Waals surface area contributed by atoms with Gasteiger partial charge in [0.1, 0.15) is 0 Å². The Labute approximate surface area is 93.4 Å². The van der Waals surface area contributed by atoms with E-state index in [0.29, 0.717) is 0 Å². The number of rotatable bonds is 2. The molecule has 0 aromatic heterocycles. The molecule has 0 spiro atoms. The molecule has 74 valence electrons. The molecule has 0 saturated carbocycles. The van der Waals surface area contributed by atoms with Gasteiger partial charge in [-0.2, -0.15) is 0 Å². The molecule has 0 aliphatic heterocycles. The SMILES string of the molecule is ClN=Nc1cccc(-c2ccccc2)c1. The Hall–Kier alpha value is -1.67. The molecule has 3 heteroatoms. The second-order valence-electron chi connectivity index (χ2n) is 3.09. The van der Waals surface area contributed by atoms with Crippen molar-refractivity contribution in [3.8, 4) is 11.1 Å². The topological polar surface area (TPSA) is 24.7 Å². The van der Waals surface area contributed by atoms with Crippen LogP contribution in [0.3, 0.4) is 0 Å². The van der Waals surface area contributed by atoms with E-state index < -0.39 is 0 Å². The lowest BCUT2D eigenvalue weighted by Crippen LogP contribution is -1.75. The summed E-state index contributed by atoms with van der Waals surface area (Å²) in [7, 11) is 0. The third-order valence-electron chi connectivity index (χ3n) is 2.11. The van der Waals surface area contributed by atoms with Gasteiger partial charge in [-0.15, -0.1) is 5.11 Å². The van der Waals surface area contributed by atoms with Gasteiger partial charge in [0.15, 0.2) is 0 Å². The Morgan fingerprint density at radius 2 is 1.53 bits per heavy atom. The third kappa shape index (κ3) is 2.42. The fraction of sp³-hybridized carbons (Fsp3) is 0. The van der Waals surface area contributed by atoms with Crippen LogP contribution in [-0.4, -0.2) is 0 Å². The molecule has 0 aliphatic carbocycles. The number of hydrogen-bond donors (Lipinski definition) is 0. The molecule has 0 bridgehead atoms. The van der Waals surface area contributed by atoms with Gasteiger partial charge in [-0.05, 0) is 23.3 Å². The lowest BCUT2D eigenvalue weighted by Gasteiger charge is -2.01. The molecule has 0 atom stereocenters. The van der Waals surface area contributed by atoms with Crippen LogP contribution in [0.1, 0.15) is 0 Å². The molecular weight excluding hydrogens is 208 g/mol. The molecule has 0 amide bonds. The minimum Gasteiger partial charge on any atom is -0.138 e. The first-order valence-corrected chi connectivity index (χ1v) is 4.91. The van der Waals surface area contributed by atoms with Crippen molar-refractivity contribution in [3.63, 3.8) is 0 Å². The standard InChI is InChI=1S/C12H9ClN2/c13-15-14-12-8-4-7-11(9-12)10-5-2-1-3-6-10/h1-9H. The highest BCUT2D eigenvalue weighted by Crippen LogP contribution is 2.23. The number of halogens is 1. The van der Waals surface area contributed by atoms with Crippen LogP contribution in [0.5, 0.6) is 0 Å². The molecule has 15 heavy (non-hydrogen) atoms. The second kappa shape index (κ2) is 4.71. The molecule has 0 fully saturated rings. The molecule has 0 N–H and O–H groups in total. The van der Waals surface area contributed by atoms with Gasteiger partial charge in [0.2, 0.25) is 0 Å². The average molecular weight is 217 g/mol. The van der Waals surface area contributed by atoms with E-state index in [1.54, 1.807) is 0 Å². The molecule has 2 aromatic rings. The molecule has 0 aliphatic rings. The fourth-order valence-electron chi connectivity index (χ4n) is 1.42. The van der Waals surface area contributed by atoms with Crippen LogP contribution >= 0.6 is 11.8 Å². The highest BCUT2D eigenvalue weighted by atomic mass is 35.5. The lowest BCUT2D eigenvalue weighted by atomic mass is 10.1. The summed E-state index contributed by atoms with van der Waals surface area (Å²) in [5, 5.41) is 3.78. The first kappa shape index (κ1) is 9.87. The van der Waals surface area contributed by atoms with E-state index in [1.807, 2.05) is 42.5 Å². The number of benzene rings is 2. The number of nitrogens with zero attached hydrogens (tertiary/aromatic N) is 2. The Morgan fingerprint density at radius 1 is 0.800 bits per heavy atom. The van der Waals surface area contributed by atoms with Crippen LogP contribution in [0.2, 0.25) is 0 Å². The van der Waals surface area contributed by atoms with Crippen molar-refractivity contribution >= 4 is 17.5 Å². The lowest BCUT2D eigenvalue weighted by molar-refractivity contribution is 1.33. The highest BCUT2D eigenvalue weighted by molar-refractivity contribution is 6.14. The number of hydrogen-bond acceptors (Lipinski definition) is 2. The second-order valence-corrected chi connectivity index (χ2v) is 3.24. The molecule has 0 radical (unpaired) electrons. The van der Waals surface area contributed by atoms with Crippen molar-refractivity contribution in [1.82, 2.24) is 0 Å². The van der Waals surface area contributed by atoms with Gasteiger partial charge in [0.25, 0.3) is 0 Å². The van der Waals surface area contributed by atoms with Crippen molar-refractivity contribution in [2.24, 2.45) is 9.75 Å². The fourth-order valence-corrected chi connectivity index (χ4v) is 1.51. The zero-order valence-electron chi connectivity index (χ0n) is 7.97. The Morgan fingerprint density at radius 3 is 2.27 bits per heavy atom. The van der Waals surface area contributed by atoms with Gasteiger partial charge in [0, 0.05) is 0 Å². The van der Waals surface area contributed by atoms with Gasteiger partial charge < -0.3 is 0 Å². The average Bonchev–Trinajstić information content (AvgIpc) is 2.31. The summed E-state index contributed by atoms with van der Waals surface area (Å²) in [6, 6.07) is 17.9. The molecular formula is C12H9ClN2. The highest BCUT2D eigenvalue weighted by Gasteiger charge is 1.97. The van der Waals surface area contributed by atoms with E-state index in [9.17, 15) is 0 Å². The summed E-state index contributed by atoms with van der Waals surface area (Å²) in [6.07, 6.45) is 0. The summed E-state index contributed by atoms with van der Waals surface area (Å²) in [4.78, 5) is 0. The van der Waals surface area contributed by atoms with Crippen molar-refractivity contribution in [1.29, 1.82) is 0 Å². The van der Waals surface area contributed by atoms with Gasteiger partial charge >= 0.3 is 0 Å². The van der Waals surface area contributed by atoms with Crippen LogP contribution in [-0.2, 0) is 0 Å². The summed E-state index contributed by atoms with van der Waals surface area (Å²) >= 11 is 5.19. The monoisotopic (exact) mass is 216 g/mol. The van der Waals surface area contributed by atoms with Crippen LogP contribution in [0, 0.1) is 0 Å². The Balaban J connectivity index is 2.41. The predicted octanol–water partition coefficient (Wildman–Crippen LogP) is 4.59. The minimum absolute atomic E-state index is 0.756. The molecule has 0 saturated heterocycles. The molecule has 0 heterocycles. The first-order chi connectivity index (χ1) is 7.40. The normalized spacial score (nSPS) is 10.7. The largest absolute Gasteiger partial charge is 0.138 e. The van der Waals surface area contributed by atoms with Gasteiger partial charge in [0.05, 0.1) is 17.5 Å². The maximum Gasteiger partial charge on any atom is 0.0874 e. The van der Waals surface area contributed by atoms with E-state index in [2.05, 4.69) is 21.9 Å². The third-order valence-corrected chi connectivity index (χ3v) is 2.18. The minimum atomic E-state index is 0.756. The van der Waals surface area contributed by atoms with Crippen molar-refractivity contribution in [2.45, 2.75) is 0 Å². The zero-order valence-corrected chi connectivity index (χ0v) is 8.72.